The van der Waals surface area contributed by atoms with Crippen molar-refractivity contribution in [1.82, 2.24) is 0 Å². The second kappa shape index (κ2) is 8.17. The molecule has 142 valence electrons. The minimum absolute atomic E-state index is 0.225. The van der Waals surface area contributed by atoms with E-state index in [1.54, 1.807) is 48.5 Å². The van der Waals surface area contributed by atoms with Crippen LogP contribution in [0.15, 0.2) is 89.4 Å². The minimum atomic E-state index is -0.235. The van der Waals surface area contributed by atoms with Gasteiger partial charge in [-0.25, -0.2) is 0 Å². The molecule has 4 nitrogen and oxygen atoms in total. The number of furan rings is 1. The van der Waals surface area contributed by atoms with Gasteiger partial charge in [0.2, 0.25) is 5.78 Å². The van der Waals surface area contributed by atoms with Crippen molar-refractivity contribution in [3.63, 3.8) is 0 Å². The molecule has 4 aromatic rings. The lowest BCUT2D eigenvalue weighted by Crippen LogP contribution is -2.11. The van der Waals surface area contributed by atoms with E-state index in [2.05, 4.69) is 5.32 Å². The Bertz CT molecular complexity index is 1190. The van der Waals surface area contributed by atoms with Crippen LogP contribution in [0.2, 0.25) is 5.02 Å². The Morgan fingerprint density at radius 3 is 2.48 bits per heavy atom. The molecular formula is C24H16ClNO3. The number of allylic oxidation sites excluding steroid dienone is 1. The first kappa shape index (κ1) is 18.7. The molecule has 4 rings (SSSR count). The van der Waals surface area contributed by atoms with Crippen LogP contribution in [0.1, 0.15) is 26.5 Å². The SMILES string of the molecule is O=C(Nc1cccc(/C=C/C(=O)c2cc3ccccc3o2)c1)c1ccc(Cl)cc1. The molecule has 0 saturated heterocycles. The van der Waals surface area contributed by atoms with Crippen molar-refractivity contribution in [1.29, 1.82) is 0 Å². The van der Waals surface area contributed by atoms with Gasteiger partial charge in [-0.1, -0.05) is 48.0 Å². The van der Waals surface area contributed by atoms with Crippen LogP contribution >= 0.6 is 11.6 Å². The number of halogens is 1. The van der Waals surface area contributed by atoms with Gasteiger partial charge in [-0.2, -0.15) is 0 Å². The van der Waals surface area contributed by atoms with Gasteiger partial charge in [0.25, 0.3) is 5.91 Å². The van der Waals surface area contributed by atoms with Gasteiger partial charge in [-0.3, -0.25) is 9.59 Å². The Balaban J connectivity index is 1.47. The molecule has 0 radical (unpaired) electrons. The zero-order valence-electron chi connectivity index (χ0n) is 15.3. The molecule has 0 bridgehead atoms. The number of benzene rings is 3. The lowest BCUT2D eigenvalue weighted by molar-refractivity contribution is 0.101. The molecule has 0 saturated carbocycles. The molecule has 1 amide bonds. The van der Waals surface area contributed by atoms with E-state index >= 15 is 0 Å². The summed E-state index contributed by atoms with van der Waals surface area (Å²) in [6, 6.07) is 23.1. The van der Waals surface area contributed by atoms with Gasteiger partial charge in [0.05, 0.1) is 0 Å². The average molecular weight is 402 g/mol. The van der Waals surface area contributed by atoms with Crippen LogP contribution in [-0.4, -0.2) is 11.7 Å². The van der Waals surface area contributed by atoms with E-state index in [-0.39, 0.29) is 17.5 Å². The highest BCUT2D eigenvalue weighted by Crippen LogP contribution is 2.20. The highest BCUT2D eigenvalue weighted by molar-refractivity contribution is 6.30. The highest BCUT2D eigenvalue weighted by Gasteiger charge is 2.09. The largest absolute Gasteiger partial charge is 0.453 e. The number of hydrogen-bond donors (Lipinski definition) is 1. The summed E-state index contributed by atoms with van der Waals surface area (Å²) in [5.41, 5.74) is 2.60. The van der Waals surface area contributed by atoms with Crippen molar-refractivity contribution in [3.05, 3.63) is 107 Å². The quantitative estimate of drug-likeness (QED) is 0.318. The van der Waals surface area contributed by atoms with Gasteiger partial charge < -0.3 is 9.73 Å². The number of hydrogen-bond acceptors (Lipinski definition) is 3. The normalized spacial score (nSPS) is 11.1. The molecular weight excluding hydrogens is 386 g/mol. The lowest BCUT2D eigenvalue weighted by Gasteiger charge is -2.06. The molecule has 0 atom stereocenters. The van der Waals surface area contributed by atoms with Gasteiger partial charge in [0.15, 0.2) is 5.76 Å². The molecule has 1 aromatic heterocycles. The van der Waals surface area contributed by atoms with E-state index in [1.807, 2.05) is 36.4 Å². The third-order valence-corrected chi connectivity index (χ3v) is 4.60. The minimum Gasteiger partial charge on any atom is -0.453 e. The Kier molecular flexibility index (Phi) is 5.27. The van der Waals surface area contributed by atoms with E-state index in [0.29, 0.717) is 21.9 Å². The Morgan fingerprint density at radius 2 is 1.69 bits per heavy atom. The van der Waals surface area contributed by atoms with Crippen LogP contribution in [0.4, 0.5) is 5.69 Å². The van der Waals surface area contributed by atoms with Gasteiger partial charge in [-0.05, 0) is 60.2 Å². The molecule has 0 spiro atoms. The first-order valence-corrected chi connectivity index (χ1v) is 9.34. The van der Waals surface area contributed by atoms with Crippen molar-refractivity contribution >= 4 is 46.0 Å². The fourth-order valence-electron chi connectivity index (χ4n) is 2.88. The maximum atomic E-state index is 12.4. The standard InChI is InChI=1S/C24H16ClNO3/c25-19-11-9-17(10-12-19)24(28)26-20-6-3-4-16(14-20)8-13-21(27)23-15-18-5-1-2-7-22(18)29-23/h1-15H,(H,26,28)/b13-8+. The monoisotopic (exact) mass is 401 g/mol. The molecule has 0 aliphatic carbocycles. The zero-order chi connectivity index (χ0) is 20.2. The van der Waals surface area contributed by atoms with Crippen LogP contribution in [0.3, 0.4) is 0 Å². The van der Waals surface area contributed by atoms with E-state index in [4.69, 9.17) is 16.0 Å². The van der Waals surface area contributed by atoms with Crippen molar-refractivity contribution in [3.8, 4) is 0 Å². The molecule has 0 aliphatic heterocycles. The Hall–Kier alpha value is -3.63. The lowest BCUT2D eigenvalue weighted by atomic mass is 10.1. The summed E-state index contributed by atoms with van der Waals surface area (Å²) in [5.74, 6) is -0.174. The second-order valence-electron chi connectivity index (χ2n) is 6.43. The van der Waals surface area contributed by atoms with Crippen LogP contribution in [-0.2, 0) is 0 Å². The van der Waals surface area contributed by atoms with E-state index in [9.17, 15) is 9.59 Å². The third-order valence-electron chi connectivity index (χ3n) is 4.35. The van der Waals surface area contributed by atoms with Gasteiger partial charge >= 0.3 is 0 Å². The third kappa shape index (κ3) is 4.45. The zero-order valence-corrected chi connectivity index (χ0v) is 16.0. The average Bonchev–Trinajstić information content (AvgIpc) is 3.17. The predicted octanol–water partition coefficient (Wildman–Crippen LogP) is 6.23. The number of anilines is 1. The number of rotatable bonds is 5. The fourth-order valence-corrected chi connectivity index (χ4v) is 3.01. The molecule has 0 aliphatic rings. The molecule has 0 fully saturated rings. The van der Waals surface area contributed by atoms with Crippen LogP contribution < -0.4 is 5.32 Å². The summed E-state index contributed by atoms with van der Waals surface area (Å²) in [4.78, 5) is 24.7. The highest BCUT2D eigenvalue weighted by atomic mass is 35.5. The maximum absolute atomic E-state index is 12.4. The van der Waals surface area contributed by atoms with Crippen molar-refractivity contribution < 1.29 is 14.0 Å². The first-order chi connectivity index (χ1) is 14.1. The number of carbonyl (C=O) groups is 2. The fraction of sp³-hybridized carbons (Fsp3) is 0. The summed E-state index contributed by atoms with van der Waals surface area (Å²) < 4.78 is 5.58. The number of ketones is 1. The summed E-state index contributed by atoms with van der Waals surface area (Å²) in [7, 11) is 0. The van der Waals surface area contributed by atoms with E-state index in [0.717, 1.165) is 10.9 Å². The summed E-state index contributed by atoms with van der Waals surface area (Å²) >= 11 is 5.85. The van der Waals surface area contributed by atoms with Gasteiger partial charge in [-0.15, -0.1) is 0 Å². The van der Waals surface area contributed by atoms with E-state index in [1.165, 1.54) is 6.08 Å². The van der Waals surface area contributed by atoms with Crippen LogP contribution in [0, 0.1) is 0 Å². The van der Waals surface area contributed by atoms with Crippen LogP contribution in [0.25, 0.3) is 17.0 Å². The topological polar surface area (TPSA) is 59.3 Å². The Morgan fingerprint density at radius 1 is 0.897 bits per heavy atom. The first-order valence-electron chi connectivity index (χ1n) is 8.96. The van der Waals surface area contributed by atoms with Crippen molar-refractivity contribution in [2.75, 3.05) is 5.32 Å². The van der Waals surface area contributed by atoms with Crippen molar-refractivity contribution in [2.45, 2.75) is 0 Å². The number of para-hydroxylation sites is 1. The summed E-state index contributed by atoms with van der Waals surface area (Å²) in [5, 5.41) is 4.29. The smallest absolute Gasteiger partial charge is 0.255 e. The molecule has 1 heterocycles. The Labute approximate surface area is 172 Å². The van der Waals surface area contributed by atoms with Crippen molar-refractivity contribution in [2.24, 2.45) is 0 Å². The molecule has 29 heavy (non-hydrogen) atoms. The molecule has 0 unspecified atom stereocenters. The number of amides is 1. The van der Waals surface area contributed by atoms with Gasteiger partial charge in [0, 0.05) is 21.7 Å². The number of fused-ring (bicyclic) bond motifs is 1. The maximum Gasteiger partial charge on any atom is 0.255 e. The number of carbonyl (C=O) groups excluding carboxylic acids is 2. The molecule has 1 N–H and O–H groups in total. The molecule has 5 heteroatoms. The molecule has 3 aromatic carbocycles. The van der Waals surface area contributed by atoms with E-state index < -0.39 is 0 Å². The number of nitrogens with one attached hydrogen (secondary N) is 1. The summed E-state index contributed by atoms with van der Waals surface area (Å²) in [6.07, 6.45) is 3.14. The predicted molar refractivity (Wildman–Crippen MR) is 115 cm³/mol. The van der Waals surface area contributed by atoms with Crippen LogP contribution in [0.5, 0.6) is 0 Å². The summed E-state index contributed by atoms with van der Waals surface area (Å²) in [6.45, 7) is 0. The second-order valence-corrected chi connectivity index (χ2v) is 6.87. The van der Waals surface area contributed by atoms with Gasteiger partial charge in [0.1, 0.15) is 5.58 Å².